The third-order valence-electron chi connectivity index (χ3n) is 2.85. The maximum atomic E-state index is 5.93. The third-order valence-corrected chi connectivity index (χ3v) is 2.85. The zero-order chi connectivity index (χ0) is 13.1. The van der Waals surface area contributed by atoms with Crippen molar-refractivity contribution in [3.63, 3.8) is 0 Å². The number of hydrogen-bond donors (Lipinski definition) is 2. The van der Waals surface area contributed by atoms with Gasteiger partial charge in [-0.15, -0.1) is 0 Å². The smallest absolute Gasteiger partial charge is 0.145 e. The molecule has 3 heteroatoms. The van der Waals surface area contributed by atoms with Crippen LogP contribution in [0.25, 0.3) is 0 Å². The van der Waals surface area contributed by atoms with Crippen LogP contribution in [0.1, 0.15) is 11.1 Å². The van der Waals surface area contributed by atoms with E-state index in [0.29, 0.717) is 0 Å². The fraction of sp³-hybridized carbons (Fsp3) is 0.200. The summed E-state index contributed by atoms with van der Waals surface area (Å²) in [6.45, 7) is 4.09. The summed E-state index contributed by atoms with van der Waals surface area (Å²) in [7, 11) is 1.68. The standard InChI is InChI=1S/C15H18N2O/c1-10-8-11(2)15(18-3)14(9-10)17-13-7-5-4-6-12(13)16/h4-9,17H,16H2,1-3H3. The Morgan fingerprint density at radius 2 is 1.78 bits per heavy atom. The van der Waals surface area contributed by atoms with E-state index in [1.54, 1.807) is 7.11 Å². The number of nitrogen functional groups attached to an aromatic ring is 1. The van der Waals surface area contributed by atoms with E-state index >= 15 is 0 Å². The van der Waals surface area contributed by atoms with Crippen molar-refractivity contribution in [1.82, 2.24) is 0 Å². The molecule has 0 unspecified atom stereocenters. The van der Waals surface area contributed by atoms with Crippen LogP contribution in [0, 0.1) is 13.8 Å². The van der Waals surface area contributed by atoms with E-state index in [2.05, 4.69) is 24.4 Å². The van der Waals surface area contributed by atoms with Gasteiger partial charge in [0.15, 0.2) is 0 Å². The molecule has 3 N–H and O–H groups in total. The average Bonchev–Trinajstić information content (AvgIpc) is 2.31. The summed E-state index contributed by atoms with van der Waals surface area (Å²) in [6.07, 6.45) is 0. The normalized spacial score (nSPS) is 10.2. The van der Waals surface area contributed by atoms with E-state index in [0.717, 1.165) is 28.4 Å². The molecule has 94 valence electrons. The Balaban J connectivity index is 2.43. The number of ether oxygens (including phenoxy) is 1. The van der Waals surface area contributed by atoms with Gasteiger partial charge in [-0.05, 0) is 43.2 Å². The van der Waals surface area contributed by atoms with Crippen LogP contribution >= 0.6 is 0 Å². The maximum Gasteiger partial charge on any atom is 0.145 e. The summed E-state index contributed by atoms with van der Waals surface area (Å²) < 4.78 is 5.44. The predicted molar refractivity (Wildman–Crippen MR) is 76.6 cm³/mol. The summed E-state index contributed by atoms with van der Waals surface area (Å²) in [4.78, 5) is 0. The molecule has 0 aliphatic carbocycles. The molecule has 0 saturated heterocycles. The van der Waals surface area contributed by atoms with Crippen LogP contribution in [0.2, 0.25) is 0 Å². The van der Waals surface area contributed by atoms with Crippen molar-refractivity contribution in [3.8, 4) is 5.75 Å². The Morgan fingerprint density at radius 1 is 1.06 bits per heavy atom. The number of nitrogens with two attached hydrogens (primary N) is 1. The Bertz CT molecular complexity index is 564. The van der Waals surface area contributed by atoms with Gasteiger partial charge in [0.25, 0.3) is 0 Å². The van der Waals surface area contributed by atoms with Gasteiger partial charge in [-0.1, -0.05) is 18.2 Å². The lowest BCUT2D eigenvalue weighted by Gasteiger charge is -2.15. The molecular formula is C15H18N2O. The summed E-state index contributed by atoms with van der Waals surface area (Å²) >= 11 is 0. The highest BCUT2D eigenvalue weighted by molar-refractivity contribution is 5.76. The first kappa shape index (κ1) is 12.3. The molecule has 0 saturated carbocycles. The summed E-state index contributed by atoms with van der Waals surface area (Å²) in [6, 6.07) is 11.8. The SMILES string of the molecule is COc1c(C)cc(C)cc1Nc1ccccc1N. The lowest BCUT2D eigenvalue weighted by molar-refractivity contribution is 0.413. The van der Waals surface area contributed by atoms with Crippen LogP contribution in [-0.2, 0) is 0 Å². The second kappa shape index (κ2) is 5.00. The van der Waals surface area contributed by atoms with Gasteiger partial charge in [0.2, 0.25) is 0 Å². The van der Waals surface area contributed by atoms with Crippen molar-refractivity contribution in [2.24, 2.45) is 0 Å². The van der Waals surface area contributed by atoms with Gasteiger partial charge in [-0.3, -0.25) is 0 Å². The van der Waals surface area contributed by atoms with Crippen LogP contribution in [-0.4, -0.2) is 7.11 Å². The number of benzene rings is 2. The van der Waals surface area contributed by atoms with Crippen molar-refractivity contribution in [1.29, 1.82) is 0 Å². The zero-order valence-electron chi connectivity index (χ0n) is 10.9. The quantitative estimate of drug-likeness (QED) is 0.808. The van der Waals surface area contributed by atoms with E-state index in [9.17, 15) is 0 Å². The Morgan fingerprint density at radius 3 is 2.44 bits per heavy atom. The Labute approximate surface area is 108 Å². The van der Waals surface area contributed by atoms with Gasteiger partial charge in [-0.25, -0.2) is 0 Å². The molecule has 0 heterocycles. The second-order valence-corrected chi connectivity index (χ2v) is 4.37. The number of para-hydroxylation sites is 2. The molecule has 2 aromatic rings. The molecule has 0 bridgehead atoms. The number of anilines is 3. The third kappa shape index (κ3) is 2.40. The molecule has 3 nitrogen and oxygen atoms in total. The largest absolute Gasteiger partial charge is 0.494 e. The predicted octanol–water partition coefficient (Wildman–Crippen LogP) is 3.64. The monoisotopic (exact) mass is 242 g/mol. The van der Waals surface area contributed by atoms with E-state index in [1.807, 2.05) is 31.2 Å². The van der Waals surface area contributed by atoms with E-state index in [4.69, 9.17) is 10.5 Å². The number of methoxy groups -OCH3 is 1. The van der Waals surface area contributed by atoms with E-state index in [1.165, 1.54) is 5.56 Å². The van der Waals surface area contributed by atoms with E-state index in [-0.39, 0.29) is 0 Å². The first-order valence-electron chi connectivity index (χ1n) is 5.88. The van der Waals surface area contributed by atoms with Gasteiger partial charge >= 0.3 is 0 Å². The Kier molecular flexibility index (Phi) is 3.42. The lowest BCUT2D eigenvalue weighted by atomic mass is 10.1. The number of aryl methyl sites for hydroxylation is 2. The summed E-state index contributed by atoms with van der Waals surface area (Å²) in [5.41, 5.74) is 10.8. The van der Waals surface area contributed by atoms with Gasteiger partial charge in [0.05, 0.1) is 24.2 Å². The highest BCUT2D eigenvalue weighted by atomic mass is 16.5. The lowest BCUT2D eigenvalue weighted by Crippen LogP contribution is -2.00. The van der Waals surface area contributed by atoms with Crippen molar-refractivity contribution < 1.29 is 4.74 Å². The zero-order valence-corrected chi connectivity index (χ0v) is 10.9. The van der Waals surface area contributed by atoms with Crippen LogP contribution in [0.15, 0.2) is 36.4 Å². The van der Waals surface area contributed by atoms with Crippen LogP contribution < -0.4 is 15.8 Å². The van der Waals surface area contributed by atoms with Crippen molar-refractivity contribution in [2.45, 2.75) is 13.8 Å². The second-order valence-electron chi connectivity index (χ2n) is 4.37. The first-order chi connectivity index (χ1) is 8.61. The van der Waals surface area contributed by atoms with Gasteiger partial charge in [-0.2, -0.15) is 0 Å². The van der Waals surface area contributed by atoms with Crippen molar-refractivity contribution in [2.75, 3.05) is 18.2 Å². The topological polar surface area (TPSA) is 47.3 Å². The molecule has 0 radical (unpaired) electrons. The van der Waals surface area contributed by atoms with Crippen molar-refractivity contribution in [3.05, 3.63) is 47.5 Å². The van der Waals surface area contributed by atoms with Gasteiger partial charge in [0.1, 0.15) is 5.75 Å². The Hall–Kier alpha value is -2.16. The van der Waals surface area contributed by atoms with Crippen molar-refractivity contribution >= 4 is 17.1 Å². The minimum atomic E-state index is 0.721. The molecule has 0 aliphatic heterocycles. The highest BCUT2D eigenvalue weighted by Gasteiger charge is 2.08. The van der Waals surface area contributed by atoms with Gasteiger partial charge in [0, 0.05) is 0 Å². The average molecular weight is 242 g/mol. The molecule has 2 rings (SSSR count). The number of hydrogen-bond acceptors (Lipinski definition) is 3. The molecule has 0 amide bonds. The molecule has 0 fully saturated rings. The van der Waals surface area contributed by atoms with Gasteiger partial charge < -0.3 is 15.8 Å². The molecule has 0 aromatic heterocycles. The molecule has 0 atom stereocenters. The molecule has 18 heavy (non-hydrogen) atoms. The maximum absolute atomic E-state index is 5.93. The summed E-state index contributed by atoms with van der Waals surface area (Å²) in [5, 5.41) is 3.32. The molecule has 2 aromatic carbocycles. The molecular weight excluding hydrogens is 224 g/mol. The fourth-order valence-corrected chi connectivity index (χ4v) is 2.07. The minimum Gasteiger partial charge on any atom is -0.494 e. The van der Waals surface area contributed by atoms with Crippen LogP contribution in [0.5, 0.6) is 5.75 Å². The number of rotatable bonds is 3. The molecule has 0 aliphatic rings. The van der Waals surface area contributed by atoms with E-state index < -0.39 is 0 Å². The van der Waals surface area contributed by atoms with Crippen LogP contribution in [0.4, 0.5) is 17.1 Å². The fourth-order valence-electron chi connectivity index (χ4n) is 2.07. The highest BCUT2D eigenvalue weighted by Crippen LogP contribution is 2.33. The first-order valence-corrected chi connectivity index (χ1v) is 5.88. The minimum absolute atomic E-state index is 0.721. The number of nitrogens with one attached hydrogen (secondary N) is 1. The summed E-state index contributed by atoms with van der Waals surface area (Å²) in [5.74, 6) is 0.851. The van der Waals surface area contributed by atoms with Crippen LogP contribution in [0.3, 0.4) is 0 Å². The molecule has 0 spiro atoms.